The fraction of sp³-hybridized carbons (Fsp3) is 0.250. The summed E-state index contributed by atoms with van der Waals surface area (Å²) in [6, 6.07) is 9.95. The van der Waals surface area contributed by atoms with Gasteiger partial charge in [-0.3, -0.25) is 0 Å². The third-order valence-corrected chi connectivity index (χ3v) is 4.33. The highest BCUT2D eigenvalue weighted by Crippen LogP contribution is 2.33. The highest BCUT2D eigenvalue weighted by Gasteiger charge is 2.20. The number of benzene rings is 2. The lowest BCUT2D eigenvalue weighted by Gasteiger charge is -2.22. The molecule has 2 rings (SSSR count). The van der Waals surface area contributed by atoms with E-state index < -0.39 is 0 Å². The number of hydrogen-bond acceptors (Lipinski definition) is 1. The highest BCUT2D eigenvalue weighted by molar-refractivity contribution is 9.10. The summed E-state index contributed by atoms with van der Waals surface area (Å²) < 4.78 is 15.2. The van der Waals surface area contributed by atoms with Crippen molar-refractivity contribution in [1.29, 1.82) is 0 Å². The standard InChI is InChI=1S/C16H15BrCl2FN/c1-2-7-21-16(12-5-3-11(19)9-15(12)20)13-8-10(18)4-6-14(13)17/h3-6,8-9,16,21H,2,7H2,1H3. The molecule has 1 nitrogen and oxygen atoms in total. The first-order valence-electron chi connectivity index (χ1n) is 6.66. The van der Waals surface area contributed by atoms with Crippen molar-refractivity contribution >= 4 is 39.1 Å². The average Bonchev–Trinajstić information content (AvgIpc) is 2.44. The Labute approximate surface area is 142 Å². The Balaban J connectivity index is 2.49. The van der Waals surface area contributed by atoms with Gasteiger partial charge in [0.25, 0.3) is 0 Å². The van der Waals surface area contributed by atoms with Gasteiger partial charge in [0.15, 0.2) is 0 Å². The first-order chi connectivity index (χ1) is 10.0. The predicted molar refractivity (Wildman–Crippen MR) is 90.7 cm³/mol. The molecule has 0 amide bonds. The lowest BCUT2D eigenvalue weighted by molar-refractivity contribution is 0.546. The summed E-state index contributed by atoms with van der Waals surface area (Å²) in [4.78, 5) is 0. The molecule has 1 atom stereocenters. The zero-order chi connectivity index (χ0) is 15.4. The Morgan fingerprint density at radius 2 is 1.76 bits per heavy atom. The van der Waals surface area contributed by atoms with Gasteiger partial charge in [0.05, 0.1) is 6.04 Å². The van der Waals surface area contributed by atoms with E-state index in [0.717, 1.165) is 23.0 Å². The predicted octanol–water partition coefficient (Wildman–Crippen LogP) is 5.98. The molecule has 2 aromatic carbocycles. The summed E-state index contributed by atoms with van der Waals surface area (Å²) in [6.45, 7) is 2.83. The number of rotatable bonds is 5. The number of halogens is 4. The van der Waals surface area contributed by atoms with Gasteiger partial charge in [0.2, 0.25) is 0 Å². The maximum atomic E-state index is 14.3. The maximum absolute atomic E-state index is 14.3. The molecule has 0 aliphatic heterocycles. The van der Waals surface area contributed by atoms with E-state index in [1.165, 1.54) is 6.07 Å². The second-order valence-corrected chi connectivity index (χ2v) is 6.45. The molecule has 112 valence electrons. The normalized spacial score (nSPS) is 12.4. The summed E-state index contributed by atoms with van der Waals surface area (Å²) in [7, 11) is 0. The van der Waals surface area contributed by atoms with Gasteiger partial charge in [-0.15, -0.1) is 0 Å². The fourth-order valence-corrected chi connectivity index (χ4v) is 2.96. The largest absolute Gasteiger partial charge is 0.306 e. The van der Waals surface area contributed by atoms with Crippen molar-refractivity contribution in [2.45, 2.75) is 19.4 Å². The zero-order valence-electron chi connectivity index (χ0n) is 11.5. The molecule has 1 unspecified atom stereocenters. The minimum Gasteiger partial charge on any atom is -0.306 e. The van der Waals surface area contributed by atoms with E-state index in [4.69, 9.17) is 23.2 Å². The van der Waals surface area contributed by atoms with Crippen molar-refractivity contribution < 1.29 is 4.39 Å². The summed E-state index contributed by atoms with van der Waals surface area (Å²) in [6.07, 6.45) is 0.948. The summed E-state index contributed by atoms with van der Waals surface area (Å²) in [5.74, 6) is -0.331. The Morgan fingerprint density at radius 3 is 2.43 bits per heavy atom. The van der Waals surface area contributed by atoms with Gasteiger partial charge in [-0.25, -0.2) is 4.39 Å². The van der Waals surface area contributed by atoms with E-state index >= 15 is 0 Å². The van der Waals surface area contributed by atoms with Crippen LogP contribution in [0.2, 0.25) is 10.0 Å². The van der Waals surface area contributed by atoms with Crippen molar-refractivity contribution in [2.24, 2.45) is 0 Å². The van der Waals surface area contributed by atoms with Crippen molar-refractivity contribution in [3.8, 4) is 0 Å². The number of hydrogen-bond donors (Lipinski definition) is 1. The van der Waals surface area contributed by atoms with Crippen LogP contribution < -0.4 is 5.32 Å². The van der Waals surface area contributed by atoms with Crippen LogP contribution in [0.5, 0.6) is 0 Å². The first-order valence-corrected chi connectivity index (χ1v) is 8.21. The molecule has 0 bridgehead atoms. The van der Waals surface area contributed by atoms with Crippen molar-refractivity contribution in [2.75, 3.05) is 6.54 Å². The molecule has 0 saturated carbocycles. The van der Waals surface area contributed by atoms with Gasteiger partial charge in [-0.1, -0.05) is 52.1 Å². The molecule has 0 aliphatic rings. The van der Waals surface area contributed by atoms with Crippen LogP contribution in [0, 0.1) is 5.82 Å². The number of nitrogens with one attached hydrogen (secondary N) is 1. The first kappa shape index (κ1) is 16.8. The lowest BCUT2D eigenvalue weighted by atomic mass is 9.98. The topological polar surface area (TPSA) is 12.0 Å². The van der Waals surface area contributed by atoms with E-state index in [1.807, 2.05) is 12.1 Å². The van der Waals surface area contributed by atoms with Gasteiger partial charge >= 0.3 is 0 Å². The Hall–Kier alpha value is -0.610. The molecule has 0 aliphatic carbocycles. The second kappa shape index (κ2) is 7.59. The van der Waals surface area contributed by atoms with Crippen LogP contribution in [0.25, 0.3) is 0 Å². The molecule has 0 saturated heterocycles. The second-order valence-electron chi connectivity index (χ2n) is 4.72. The third kappa shape index (κ3) is 4.19. The molecular formula is C16H15BrCl2FN. The molecule has 0 aromatic heterocycles. The van der Waals surface area contributed by atoms with Gasteiger partial charge in [0.1, 0.15) is 5.82 Å². The minimum atomic E-state index is -0.331. The molecule has 1 N–H and O–H groups in total. The van der Waals surface area contributed by atoms with Crippen LogP contribution >= 0.6 is 39.1 Å². The molecule has 0 fully saturated rings. The smallest absolute Gasteiger partial charge is 0.129 e. The quantitative estimate of drug-likeness (QED) is 0.661. The SMILES string of the molecule is CCCNC(c1ccc(Cl)cc1F)c1cc(Cl)ccc1Br. The molecule has 0 heterocycles. The zero-order valence-corrected chi connectivity index (χ0v) is 14.6. The molecule has 0 radical (unpaired) electrons. The van der Waals surface area contributed by atoms with Crippen LogP contribution in [0.4, 0.5) is 4.39 Å². The van der Waals surface area contributed by atoms with Crippen LogP contribution in [-0.2, 0) is 0 Å². The fourth-order valence-electron chi connectivity index (χ4n) is 2.15. The van der Waals surface area contributed by atoms with E-state index in [2.05, 4.69) is 28.2 Å². The Bertz CT molecular complexity index is 634. The Morgan fingerprint density at radius 1 is 1.10 bits per heavy atom. The molecule has 5 heteroatoms. The van der Waals surface area contributed by atoms with Gasteiger partial charge in [-0.05, 0) is 48.9 Å². The van der Waals surface area contributed by atoms with E-state index in [-0.39, 0.29) is 11.9 Å². The summed E-state index contributed by atoms with van der Waals surface area (Å²) in [5.41, 5.74) is 1.45. The lowest BCUT2D eigenvalue weighted by Crippen LogP contribution is -2.24. The highest BCUT2D eigenvalue weighted by atomic mass is 79.9. The monoisotopic (exact) mass is 389 g/mol. The minimum absolute atomic E-state index is 0.282. The molecule has 2 aromatic rings. The van der Waals surface area contributed by atoms with Gasteiger partial charge in [0, 0.05) is 20.1 Å². The molecular weight excluding hydrogens is 376 g/mol. The van der Waals surface area contributed by atoms with Crippen molar-refractivity contribution in [1.82, 2.24) is 5.32 Å². The average molecular weight is 391 g/mol. The molecule has 21 heavy (non-hydrogen) atoms. The van der Waals surface area contributed by atoms with Crippen LogP contribution in [0.1, 0.15) is 30.5 Å². The third-order valence-electron chi connectivity index (χ3n) is 3.14. The van der Waals surface area contributed by atoms with Crippen molar-refractivity contribution in [3.05, 3.63) is 67.9 Å². The van der Waals surface area contributed by atoms with Gasteiger partial charge in [-0.2, -0.15) is 0 Å². The van der Waals surface area contributed by atoms with Crippen LogP contribution in [0.15, 0.2) is 40.9 Å². The van der Waals surface area contributed by atoms with Crippen molar-refractivity contribution in [3.63, 3.8) is 0 Å². The molecule has 0 spiro atoms. The van der Waals surface area contributed by atoms with Crippen LogP contribution in [0.3, 0.4) is 0 Å². The summed E-state index contributed by atoms with van der Waals surface area (Å²) in [5, 5.41) is 4.36. The summed E-state index contributed by atoms with van der Waals surface area (Å²) >= 11 is 15.4. The van der Waals surface area contributed by atoms with E-state index in [9.17, 15) is 4.39 Å². The van der Waals surface area contributed by atoms with E-state index in [0.29, 0.717) is 15.6 Å². The Kier molecular flexibility index (Phi) is 6.06. The van der Waals surface area contributed by atoms with Crippen LogP contribution in [-0.4, -0.2) is 6.54 Å². The van der Waals surface area contributed by atoms with E-state index in [1.54, 1.807) is 18.2 Å². The van der Waals surface area contributed by atoms with Gasteiger partial charge < -0.3 is 5.32 Å². The maximum Gasteiger partial charge on any atom is 0.129 e.